The summed E-state index contributed by atoms with van der Waals surface area (Å²) in [5.41, 5.74) is 0.0602. The van der Waals surface area contributed by atoms with Crippen LogP contribution in [0.1, 0.15) is 24.0 Å². The fraction of sp³-hybridized carbons (Fsp3) is 0.455. The van der Waals surface area contributed by atoms with Gasteiger partial charge in [0, 0.05) is 17.1 Å². The van der Waals surface area contributed by atoms with Crippen molar-refractivity contribution < 1.29 is 13.2 Å². The number of nitrogens with one attached hydrogen (secondary N) is 1. The molecule has 1 nitrogen and oxygen atoms in total. The normalized spacial score (nSPS) is 16.5. The van der Waals surface area contributed by atoms with E-state index in [2.05, 4.69) is 21.2 Å². The average Bonchev–Trinajstić information content (AvgIpc) is 2.98. The maximum Gasteiger partial charge on any atom is 0.416 e. The lowest BCUT2D eigenvalue weighted by molar-refractivity contribution is -0.137. The summed E-state index contributed by atoms with van der Waals surface area (Å²) in [7, 11) is 0. The molecule has 0 aliphatic heterocycles. The van der Waals surface area contributed by atoms with Gasteiger partial charge in [-0.15, -0.1) is 0 Å². The predicted molar refractivity (Wildman–Crippen MR) is 59.0 cm³/mol. The predicted octanol–water partition coefficient (Wildman–Crippen LogP) is 3.72. The van der Waals surface area contributed by atoms with Crippen molar-refractivity contribution in [2.45, 2.75) is 31.6 Å². The van der Waals surface area contributed by atoms with E-state index in [-0.39, 0.29) is 0 Å². The van der Waals surface area contributed by atoms with Gasteiger partial charge in [-0.2, -0.15) is 13.2 Å². The van der Waals surface area contributed by atoms with E-state index in [1.54, 1.807) is 0 Å². The largest absolute Gasteiger partial charge is 0.416 e. The fourth-order valence-electron chi connectivity index (χ4n) is 1.43. The van der Waals surface area contributed by atoms with E-state index in [0.29, 0.717) is 22.6 Å². The molecule has 0 aromatic heterocycles. The Morgan fingerprint density at radius 2 is 2.00 bits per heavy atom. The summed E-state index contributed by atoms with van der Waals surface area (Å²) in [6.45, 7) is 0.481. The van der Waals surface area contributed by atoms with Gasteiger partial charge in [0.25, 0.3) is 0 Å². The van der Waals surface area contributed by atoms with Crippen molar-refractivity contribution in [3.8, 4) is 0 Å². The summed E-state index contributed by atoms with van der Waals surface area (Å²) in [6, 6.07) is 4.22. The molecule has 1 aliphatic carbocycles. The van der Waals surface area contributed by atoms with Crippen molar-refractivity contribution in [1.82, 2.24) is 5.32 Å². The molecule has 0 spiro atoms. The molecule has 5 heteroatoms. The SMILES string of the molecule is FC(F)(F)c1ccc(Br)c(CNC2CC2)c1. The van der Waals surface area contributed by atoms with Crippen LogP contribution in [0.3, 0.4) is 0 Å². The Labute approximate surface area is 100 Å². The van der Waals surface area contributed by atoms with E-state index in [1.807, 2.05) is 0 Å². The summed E-state index contributed by atoms with van der Waals surface area (Å²) in [5.74, 6) is 0. The maximum atomic E-state index is 12.5. The van der Waals surface area contributed by atoms with Crippen LogP contribution in [0.4, 0.5) is 13.2 Å². The Morgan fingerprint density at radius 3 is 2.56 bits per heavy atom. The maximum absolute atomic E-state index is 12.5. The zero-order valence-electron chi connectivity index (χ0n) is 8.44. The molecule has 1 N–H and O–H groups in total. The quantitative estimate of drug-likeness (QED) is 0.896. The van der Waals surface area contributed by atoms with Crippen LogP contribution in [-0.4, -0.2) is 6.04 Å². The lowest BCUT2D eigenvalue weighted by atomic mass is 10.1. The first-order chi connectivity index (χ1) is 7.47. The third kappa shape index (κ3) is 2.98. The molecule has 0 heterocycles. The molecule has 0 radical (unpaired) electrons. The molecule has 0 unspecified atom stereocenters. The lowest BCUT2D eigenvalue weighted by Gasteiger charge is -2.11. The molecule has 1 fully saturated rings. The van der Waals surface area contributed by atoms with Crippen LogP contribution in [0.2, 0.25) is 0 Å². The molecule has 16 heavy (non-hydrogen) atoms. The summed E-state index contributed by atoms with van der Waals surface area (Å²) >= 11 is 3.26. The molecule has 1 aromatic carbocycles. The van der Waals surface area contributed by atoms with Crippen LogP contribution in [0.15, 0.2) is 22.7 Å². The highest BCUT2D eigenvalue weighted by Crippen LogP contribution is 2.32. The topological polar surface area (TPSA) is 12.0 Å². The van der Waals surface area contributed by atoms with Gasteiger partial charge in [0.05, 0.1) is 5.56 Å². The van der Waals surface area contributed by atoms with Crippen LogP contribution < -0.4 is 5.32 Å². The summed E-state index contributed by atoms with van der Waals surface area (Å²) < 4.78 is 38.1. The Kier molecular flexibility index (Phi) is 3.26. The van der Waals surface area contributed by atoms with Crippen molar-refractivity contribution in [3.63, 3.8) is 0 Å². The fourth-order valence-corrected chi connectivity index (χ4v) is 1.82. The highest BCUT2D eigenvalue weighted by atomic mass is 79.9. The minimum absolute atomic E-state index is 0.481. The summed E-state index contributed by atoms with van der Waals surface area (Å²) in [4.78, 5) is 0. The monoisotopic (exact) mass is 293 g/mol. The first-order valence-corrected chi connectivity index (χ1v) is 5.85. The van der Waals surface area contributed by atoms with Gasteiger partial charge in [-0.05, 0) is 36.6 Å². The molecule has 1 aliphatic rings. The van der Waals surface area contributed by atoms with Crippen LogP contribution in [0, 0.1) is 0 Å². The number of hydrogen-bond donors (Lipinski definition) is 1. The molecular weight excluding hydrogens is 283 g/mol. The number of halogens is 4. The molecule has 1 saturated carbocycles. The standard InChI is InChI=1S/C11H11BrF3N/c12-10-4-1-8(11(13,14)15)5-7(10)6-16-9-2-3-9/h1,4-5,9,16H,2-3,6H2. The minimum Gasteiger partial charge on any atom is -0.310 e. The van der Waals surface area contributed by atoms with Crippen LogP contribution in [0.25, 0.3) is 0 Å². The van der Waals surface area contributed by atoms with E-state index in [9.17, 15) is 13.2 Å². The third-order valence-electron chi connectivity index (χ3n) is 2.53. The number of rotatable bonds is 3. The molecule has 88 valence electrons. The van der Waals surface area contributed by atoms with E-state index < -0.39 is 11.7 Å². The van der Waals surface area contributed by atoms with Gasteiger partial charge in [0.1, 0.15) is 0 Å². The van der Waals surface area contributed by atoms with Gasteiger partial charge in [-0.1, -0.05) is 15.9 Å². The Hall–Kier alpha value is -0.550. The van der Waals surface area contributed by atoms with Gasteiger partial charge in [0.15, 0.2) is 0 Å². The van der Waals surface area contributed by atoms with E-state index in [1.165, 1.54) is 12.1 Å². The van der Waals surface area contributed by atoms with Crippen molar-refractivity contribution in [2.24, 2.45) is 0 Å². The number of benzene rings is 1. The van der Waals surface area contributed by atoms with Gasteiger partial charge < -0.3 is 5.32 Å². The van der Waals surface area contributed by atoms with Crippen LogP contribution in [0.5, 0.6) is 0 Å². The molecular formula is C11H11BrF3N. The highest BCUT2D eigenvalue weighted by molar-refractivity contribution is 9.10. The zero-order chi connectivity index (χ0) is 11.8. The van der Waals surface area contributed by atoms with E-state index in [4.69, 9.17) is 0 Å². The van der Waals surface area contributed by atoms with E-state index >= 15 is 0 Å². The molecule has 0 bridgehead atoms. The molecule has 1 aromatic rings. The minimum atomic E-state index is -4.27. The van der Waals surface area contributed by atoms with Crippen molar-refractivity contribution in [3.05, 3.63) is 33.8 Å². The van der Waals surface area contributed by atoms with Gasteiger partial charge in [0.2, 0.25) is 0 Å². The lowest BCUT2D eigenvalue weighted by Crippen LogP contribution is -2.16. The summed E-state index contributed by atoms with van der Waals surface area (Å²) in [6.07, 6.45) is -2.03. The van der Waals surface area contributed by atoms with Gasteiger partial charge >= 0.3 is 6.18 Å². The van der Waals surface area contributed by atoms with Gasteiger partial charge in [-0.3, -0.25) is 0 Å². The van der Waals surface area contributed by atoms with Crippen molar-refractivity contribution in [2.75, 3.05) is 0 Å². The Morgan fingerprint density at radius 1 is 1.31 bits per heavy atom. The highest BCUT2D eigenvalue weighted by Gasteiger charge is 2.31. The molecule has 2 rings (SSSR count). The smallest absolute Gasteiger partial charge is 0.310 e. The van der Waals surface area contributed by atoms with Crippen LogP contribution >= 0.6 is 15.9 Å². The molecule has 0 saturated heterocycles. The summed E-state index contributed by atoms with van der Waals surface area (Å²) in [5, 5.41) is 3.20. The number of alkyl halides is 3. The third-order valence-corrected chi connectivity index (χ3v) is 3.31. The Balaban J connectivity index is 2.14. The number of hydrogen-bond acceptors (Lipinski definition) is 1. The molecule has 0 amide bonds. The zero-order valence-corrected chi connectivity index (χ0v) is 10.0. The Bertz CT molecular complexity index is 385. The van der Waals surface area contributed by atoms with Crippen molar-refractivity contribution >= 4 is 15.9 Å². The van der Waals surface area contributed by atoms with Crippen molar-refractivity contribution in [1.29, 1.82) is 0 Å². The second-order valence-electron chi connectivity index (χ2n) is 3.96. The molecule has 0 atom stereocenters. The van der Waals surface area contributed by atoms with E-state index in [0.717, 1.165) is 18.9 Å². The second kappa shape index (κ2) is 4.37. The average molecular weight is 294 g/mol. The first kappa shape index (κ1) is 11.9. The van der Waals surface area contributed by atoms with Crippen LogP contribution in [-0.2, 0) is 12.7 Å². The first-order valence-electron chi connectivity index (χ1n) is 5.06. The van der Waals surface area contributed by atoms with Gasteiger partial charge in [-0.25, -0.2) is 0 Å². The second-order valence-corrected chi connectivity index (χ2v) is 4.81.